The van der Waals surface area contributed by atoms with Gasteiger partial charge in [-0.15, -0.1) is 9.24 Å². The number of thiol groups is 1. The van der Waals surface area contributed by atoms with Crippen molar-refractivity contribution in [1.82, 2.24) is 14.4 Å². The summed E-state index contributed by atoms with van der Waals surface area (Å²) in [6, 6.07) is 2.02. The SMILES string of the molecule is Cc1cc2c(c(C(N)=O)c1P)OC(C)C[C@]2(S)c1nc(C)c2c(C)nccn12. The van der Waals surface area contributed by atoms with E-state index in [4.69, 9.17) is 28.1 Å². The van der Waals surface area contributed by atoms with Crippen molar-refractivity contribution >= 4 is 38.6 Å². The van der Waals surface area contributed by atoms with Crippen LogP contribution >= 0.6 is 21.9 Å². The first-order chi connectivity index (χ1) is 13.1. The van der Waals surface area contributed by atoms with Gasteiger partial charge in [0.05, 0.1) is 28.6 Å². The van der Waals surface area contributed by atoms with Gasteiger partial charge in [-0.3, -0.25) is 14.2 Å². The molecule has 1 aliphatic heterocycles. The molecular formula is C20H23N4O2PS. The molecule has 6 nitrogen and oxygen atoms in total. The van der Waals surface area contributed by atoms with E-state index in [0.717, 1.165) is 39.2 Å². The van der Waals surface area contributed by atoms with E-state index < -0.39 is 10.7 Å². The Balaban J connectivity index is 2.09. The fourth-order valence-corrected chi connectivity index (χ4v) is 5.10. The minimum Gasteiger partial charge on any atom is -0.489 e. The molecule has 2 aromatic heterocycles. The largest absolute Gasteiger partial charge is 0.489 e. The van der Waals surface area contributed by atoms with Crippen LogP contribution in [0.25, 0.3) is 5.52 Å². The molecule has 0 spiro atoms. The molecule has 3 atom stereocenters. The van der Waals surface area contributed by atoms with Crippen LogP contribution in [0.1, 0.15) is 52.0 Å². The van der Waals surface area contributed by atoms with Crippen LogP contribution in [0.4, 0.5) is 0 Å². The number of imidazole rings is 1. The molecule has 0 radical (unpaired) electrons. The monoisotopic (exact) mass is 414 g/mol. The highest BCUT2D eigenvalue weighted by molar-refractivity contribution is 7.81. The van der Waals surface area contributed by atoms with Crippen LogP contribution in [0.3, 0.4) is 0 Å². The Morgan fingerprint density at radius 3 is 2.79 bits per heavy atom. The molecule has 0 bridgehead atoms. The van der Waals surface area contributed by atoms with Crippen molar-refractivity contribution in [3.63, 3.8) is 0 Å². The Bertz CT molecular complexity index is 1140. The van der Waals surface area contributed by atoms with Crippen LogP contribution in [-0.4, -0.2) is 26.4 Å². The number of primary amides is 1. The molecule has 1 aromatic carbocycles. The summed E-state index contributed by atoms with van der Waals surface area (Å²) in [4.78, 5) is 21.5. The van der Waals surface area contributed by atoms with Crippen molar-refractivity contribution in [1.29, 1.82) is 0 Å². The standard InChI is InChI=1S/C20H23N4O2PS/c1-9-7-13-16(14(17(9)27)18(21)25)26-10(2)8-20(13,28)19-23-12(4)15-11(3)22-5-6-24(15)19/h5-7,10,28H,8,27H2,1-4H3,(H2,21,25)/t10?,20-/m1/s1. The third-order valence-electron chi connectivity index (χ3n) is 5.40. The van der Waals surface area contributed by atoms with Gasteiger partial charge in [0, 0.05) is 24.4 Å². The second kappa shape index (κ2) is 6.46. The van der Waals surface area contributed by atoms with Crippen LogP contribution < -0.4 is 15.8 Å². The van der Waals surface area contributed by atoms with Crippen molar-refractivity contribution in [3.05, 3.63) is 52.4 Å². The number of fused-ring (bicyclic) bond motifs is 2. The van der Waals surface area contributed by atoms with Crippen LogP contribution in [0, 0.1) is 20.8 Å². The van der Waals surface area contributed by atoms with Crippen molar-refractivity contribution in [3.8, 4) is 5.75 Å². The van der Waals surface area contributed by atoms with Gasteiger partial charge in [-0.05, 0) is 44.6 Å². The molecule has 4 rings (SSSR count). The molecule has 1 amide bonds. The molecule has 0 fully saturated rings. The number of ether oxygens (including phenoxy) is 1. The van der Waals surface area contributed by atoms with Gasteiger partial charge in [0.15, 0.2) is 0 Å². The fraction of sp³-hybridized carbons (Fsp3) is 0.350. The summed E-state index contributed by atoms with van der Waals surface area (Å²) in [6.07, 6.45) is 4.11. The van der Waals surface area contributed by atoms with Crippen molar-refractivity contribution < 1.29 is 9.53 Å². The summed E-state index contributed by atoms with van der Waals surface area (Å²) < 4.78 is 7.40. The van der Waals surface area contributed by atoms with Gasteiger partial charge in [-0.25, -0.2) is 4.98 Å². The molecule has 3 aromatic rings. The minimum atomic E-state index is -0.745. The summed E-state index contributed by atoms with van der Waals surface area (Å²) in [5.74, 6) is 0.771. The second-order valence-electron chi connectivity index (χ2n) is 7.47. The summed E-state index contributed by atoms with van der Waals surface area (Å²) in [6.45, 7) is 7.86. The average Bonchev–Trinajstić information content (AvgIpc) is 2.95. The van der Waals surface area contributed by atoms with E-state index in [-0.39, 0.29) is 6.10 Å². The van der Waals surface area contributed by atoms with Crippen LogP contribution in [0.2, 0.25) is 0 Å². The molecule has 2 unspecified atom stereocenters. The quantitative estimate of drug-likeness (QED) is 0.499. The number of hydrogen-bond donors (Lipinski definition) is 2. The lowest BCUT2D eigenvalue weighted by Gasteiger charge is -2.38. The van der Waals surface area contributed by atoms with Gasteiger partial charge in [-0.2, -0.15) is 12.6 Å². The number of amides is 1. The highest BCUT2D eigenvalue weighted by Crippen LogP contribution is 2.49. The molecule has 8 heteroatoms. The lowest BCUT2D eigenvalue weighted by Crippen LogP contribution is -2.38. The molecule has 3 heterocycles. The van der Waals surface area contributed by atoms with Gasteiger partial charge < -0.3 is 10.5 Å². The van der Waals surface area contributed by atoms with Crippen LogP contribution in [0.5, 0.6) is 5.75 Å². The number of benzene rings is 1. The summed E-state index contributed by atoms with van der Waals surface area (Å²) in [5.41, 5.74) is 10.6. The molecule has 2 N–H and O–H groups in total. The Morgan fingerprint density at radius 1 is 1.39 bits per heavy atom. The van der Waals surface area contributed by atoms with Gasteiger partial charge in [0.1, 0.15) is 16.3 Å². The zero-order valence-electron chi connectivity index (χ0n) is 16.3. The number of carbonyl (C=O) groups is 1. The molecule has 0 aliphatic carbocycles. The van der Waals surface area contributed by atoms with E-state index in [1.54, 1.807) is 6.20 Å². The molecular weight excluding hydrogens is 391 g/mol. The second-order valence-corrected chi connectivity index (χ2v) is 8.81. The Kier molecular flexibility index (Phi) is 4.43. The first kappa shape index (κ1) is 19.2. The highest BCUT2D eigenvalue weighted by Gasteiger charge is 2.44. The van der Waals surface area contributed by atoms with E-state index >= 15 is 0 Å². The summed E-state index contributed by atoms with van der Waals surface area (Å²) in [5, 5.41) is 0.750. The zero-order valence-corrected chi connectivity index (χ0v) is 18.3. The Labute approximate surface area is 171 Å². The maximum atomic E-state index is 12.2. The maximum absolute atomic E-state index is 12.2. The number of rotatable bonds is 2. The van der Waals surface area contributed by atoms with Gasteiger partial charge in [0.25, 0.3) is 5.91 Å². The Morgan fingerprint density at radius 2 is 2.11 bits per heavy atom. The number of carbonyl (C=O) groups excluding carboxylic acids is 1. The van der Waals surface area contributed by atoms with Crippen molar-refractivity contribution in [2.45, 2.75) is 45.0 Å². The lowest BCUT2D eigenvalue weighted by atomic mass is 9.85. The molecule has 28 heavy (non-hydrogen) atoms. The molecule has 0 saturated heterocycles. The summed E-state index contributed by atoms with van der Waals surface area (Å²) in [7, 11) is 2.60. The third-order valence-corrected chi connectivity index (χ3v) is 6.77. The highest BCUT2D eigenvalue weighted by atomic mass is 32.1. The van der Waals surface area contributed by atoms with E-state index in [0.29, 0.717) is 17.7 Å². The Hall–Kier alpha value is -2.11. The number of hydrogen-bond acceptors (Lipinski definition) is 5. The zero-order chi connectivity index (χ0) is 20.4. The van der Waals surface area contributed by atoms with E-state index in [1.807, 2.05) is 44.4 Å². The van der Waals surface area contributed by atoms with Crippen molar-refractivity contribution in [2.24, 2.45) is 5.73 Å². The van der Waals surface area contributed by atoms with Crippen LogP contribution in [-0.2, 0) is 4.75 Å². The molecule has 0 saturated carbocycles. The first-order valence-electron chi connectivity index (χ1n) is 9.08. The molecule has 146 valence electrons. The van der Waals surface area contributed by atoms with Crippen molar-refractivity contribution in [2.75, 3.05) is 0 Å². The predicted octanol–water partition coefficient (Wildman–Crippen LogP) is 2.60. The number of aryl methyl sites for hydroxylation is 3. The summed E-state index contributed by atoms with van der Waals surface area (Å²) >= 11 is 5.16. The third kappa shape index (κ3) is 2.64. The topological polar surface area (TPSA) is 82.5 Å². The van der Waals surface area contributed by atoms with Gasteiger partial charge in [0.2, 0.25) is 0 Å². The normalized spacial score (nSPS) is 21.4. The smallest absolute Gasteiger partial charge is 0.253 e. The number of aromatic nitrogens is 3. The first-order valence-corrected chi connectivity index (χ1v) is 10.1. The van der Waals surface area contributed by atoms with Gasteiger partial charge >= 0.3 is 0 Å². The van der Waals surface area contributed by atoms with E-state index in [2.05, 4.69) is 14.2 Å². The lowest BCUT2D eigenvalue weighted by molar-refractivity contribution is 0.0990. The van der Waals surface area contributed by atoms with Crippen LogP contribution in [0.15, 0.2) is 18.5 Å². The molecule has 1 aliphatic rings. The minimum absolute atomic E-state index is 0.161. The predicted molar refractivity (Wildman–Crippen MR) is 116 cm³/mol. The number of nitrogens with two attached hydrogens (primary N) is 1. The van der Waals surface area contributed by atoms with E-state index in [9.17, 15) is 4.79 Å². The number of nitrogens with zero attached hydrogens (tertiary/aromatic N) is 3. The fourth-order valence-electron chi connectivity index (χ4n) is 4.16. The van der Waals surface area contributed by atoms with E-state index in [1.165, 1.54) is 0 Å². The average molecular weight is 414 g/mol. The van der Waals surface area contributed by atoms with Gasteiger partial charge in [-0.1, -0.05) is 0 Å². The maximum Gasteiger partial charge on any atom is 0.253 e.